The number of amides is 1. The molecule has 0 aliphatic carbocycles. The molecule has 7 heteroatoms. The topological polar surface area (TPSA) is 72.0 Å². The standard InChI is InChI=1S/C22H14ClN3O2S/c23-20-19(29-22(26-20)15-9-6-12-24-13-15)21(28)25-17-11-5-4-10-16(17)18(27)14-7-2-1-3-8-14/h1-13H,(H,25,28). The van der Waals surface area contributed by atoms with Gasteiger partial charge in [0.1, 0.15) is 9.88 Å². The van der Waals surface area contributed by atoms with E-state index in [2.05, 4.69) is 15.3 Å². The van der Waals surface area contributed by atoms with Crippen LogP contribution in [0.4, 0.5) is 5.69 Å². The van der Waals surface area contributed by atoms with Crippen molar-refractivity contribution in [1.82, 2.24) is 9.97 Å². The van der Waals surface area contributed by atoms with Crippen molar-refractivity contribution in [2.45, 2.75) is 0 Å². The molecule has 0 bridgehead atoms. The van der Waals surface area contributed by atoms with E-state index in [4.69, 9.17) is 11.6 Å². The molecule has 0 aliphatic heterocycles. The molecule has 4 aromatic rings. The first-order chi connectivity index (χ1) is 14.1. The monoisotopic (exact) mass is 419 g/mol. The second-order valence-electron chi connectivity index (χ2n) is 6.08. The van der Waals surface area contributed by atoms with Gasteiger partial charge in [-0.15, -0.1) is 11.3 Å². The molecule has 0 saturated carbocycles. The van der Waals surface area contributed by atoms with E-state index >= 15 is 0 Å². The van der Waals surface area contributed by atoms with Crippen LogP contribution in [0.5, 0.6) is 0 Å². The van der Waals surface area contributed by atoms with Crippen molar-refractivity contribution < 1.29 is 9.59 Å². The molecule has 2 aromatic heterocycles. The van der Waals surface area contributed by atoms with Crippen LogP contribution in [-0.2, 0) is 0 Å². The fraction of sp³-hybridized carbons (Fsp3) is 0. The number of nitrogens with zero attached hydrogens (tertiary/aromatic N) is 2. The Hall–Kier alpha value is -3.35. The van der Waals surface area contributed by atoms with E-state index in [1.807, 2.05) is 12.1 Å². The number of benzene rings is 2. The van der Waals surface area contributed by atoms with Gasteiger partial charge in [-0.3, -0.25) is 14.6 Å². The number of carbonyl (C=O) groups excluding carboxylic acids is 2. The third-order valence-electron chi connectivity index (χ3n) is 4.16. The summed E-state index contributed by atoms with van der Waals surface area (Å²) in [7, 11) is 0. The first kappa shape index (κ1) is 19.0. The molecule has 0 saturated heterocycles. The number of thiazole rings is 1. The van der Waals surface area contributed by atoms with E-state index in [0.717, 1.165) is 5.56 Å². The first-order valence-electron chi connectivity index (χ1n) is 8.70. The van der Waals surface area contributed by atoms with Crippen molar-refractivity contribution in [3.8, 4) is 10.6 Å². The molecule has 0 atom stereocenters. The van der Waals surface area contributed by atoms with Crippen LogP contribution in [0.3, 0.4) is 0 Å². The average Bonchev–Trinajstić information content (AvgIpc) is 3.17. The van der Waals surface area contributed by atoms with Crippen molar-refractivity contribution in [3.05, 3.63) is 100 Å². The van der Waals surface area contributed by atoms with Gasteiger partial charge in [-0.1, -0.05) is 54.1 Å². The van der Waals surface area contributed by atoms with Gasteiger partial charge >= 0.3 is 0 Å². The highest BCUT2D eigenvalue weighted by atomic mass is 35.5. The molecule has 0 aliphatic rings. The number of rotatable bonds is 5. The molecular formula is C22H14ClN3O2S. The zero-order chi connectivity index (χ0) is 20.2. The lowest BCUT2D eigenvalue weighted by Crippen LogP contribution is -2.14. The van der Waals surface area contributed by atoms with Gasteiger partial charge in [0, 0.05) is 29.1 Å². The van der Waals surface area contributed by atoms with Gasteiger partial charge in [-0.05, 0) is 24.3 Å². The Bertz CT molecular complexity index is 1180. The molecular weight excluding hydrogens is 406 g/mol. The van der Waals surface area contributed by atoms with Crippen LogP contribution in [0.2, 0.25) is 5.15 Å². The third-order valence-corrected chi connectivity index (χ3v) is 5.65. The van der Waals surface area contributed by atoms with Crippen molar-refractivity contribution in [2.75, 3.05) is 5.32 Å². The number of halogens is 1. The van der Waals surface area contributed by atoms with E-state index in [0.29, 0.717) is 21.8 Å². The van der Waals surface area contributed by atoms with Gasteiger partial charge in [0.15, 0.2) is 10.9 Å². The second-order valence-corrected chi connectivity index (χ2v) is 7.43. The molecule has 142 valence electrons. The molecule has 2 heterocycles. The minimum absolute atomic E-state index is 0.109. The van der Waals surface area contributed by atoms with E-state index in [9.17, 15) is 9.59 Å². The number of aromatic nitrogens is 2. The summed E-state index contributed by atoms with van der Waals surface area (Å²) < 4.78 is 0. The SMILES string of the molecule is O=C(c1ccccc1)c1ccccc1NC(=O)c1sc(-c2cccnc2)nc1Cl. The quantitative estimate of drug-likeness (QED) is 0.443. The van der Waals surface area contributed by atoms with Gasteiger partial charge < -0.3 is 5.32 Å². The molecule has 5 nitrogen and oxygen atoms in total. The predicted molar refractivity (Wildman–Crippen MR) is 115 cm³/mol. The van der Waals surface area contributed by atoms with Crippen molar-refractivity contribution >= 4 is 40.3 Å². The number of ketones is 1. The lowest BCUT2D eigenvalue weighted by molar-refractivity contribution is 0.103. The molecule has 4 rings (SSSR count). The van der Waals surface area contributed by atoms with Crippen LogP contribution >= 0.6 is 22.9 Å². The summed E-state index contributed by atoms with van der Waals surface area (Å²) in [5.41, 5.74) is 2.14. The highest BCUT2D eigenvalue weighted by Crippen LogP contribution is 2.31. The molecule has 1 amide bonds. The highest BCUT2D eigenvalue weighted by molar-refractivity contribution is 7.17. The summed E-state index contributed by atoms with van der Waals surface area (Å²) in [4.78, 5) is 34.3. The molecule has 2 aromatic carbocycles. The highest BCUT2D eigenvalue weighted by Gasteiger charge is 2.20. The molecule has 0 spiro atoms. The number of hydrogen-bond acceptors (Lipinski definition) is 5. The van der Waals surface area contributed by atoms with Gasteiger partial charge in [0.25, 0.3) is 5.91 Å². The van der Waals surface area contributed by atoms with E-state index in [1.54, 1.807) is 67.0 Å². The number of carbonyl (C=O) groups is 2. The second kappa shape index (κ2) is 8.34. The summed E-state index contributed by atoms with van der Waals surface area (Å²) in [5, 5.41) is 3.50. The summed E-state index contributed by atoms with van der Waals surface area (Å²) in [6.07, 6.45) is 3.32. The number of para-hydroxylation sites is 1. The van der Waals surface area contributed by atoms with Gasteiger partial charge in [0.2, 0.25) is 0 Å². The Morgan fingerprint density at radius 3 is 2.45 bits per heavy atom. The van der Waals surface area contributed by atoms with E-state index in [-0.39, 0.29) is 15.8 Å². The van der Waals surface area contributed by atoms with Gasteiger partial charge in [-0.25, -0.2) is 4.98 Å². The lowest BCUT2D eigenvalue weighted by atomic mass is 10.0. The van der Waals surface area contributed by atoms with Crippen LogP contribution in [0.1, 0.15) is 25.6 Å². The molecule has 29 heavy (non-hydrogen) atoms. The minimum Gasteiger partial charge on any atom is -0.320 e. The molecule has 1 N–H and O–H groups in total. The fourth-order valence-corrected chi connectivity index (χ4v) is 3.95. The summed E-state index contributed by atoms with van der Waals surface area (Å²) in [5.74, 6) is -0.594. The van der Waals surface area contributed by atoms with Crippen LogP contribution in [0, 0.1) is 0 Å². The maximum atomic E-state index is 12.8. The van der Waals surface area contributed by atoms with Crippen molar-refractivity contribution in [2.24, 2.45) is 0 Å². The van der Waals surface area contributed by atoms with Crippen LogP contribution in [0.15, 0.2) is 79.1 Å². The van der Waals surface area contributed by atoms with Crippen molar-refractivity contribution in [3.63, 3.8) is 0 Å². The predicted octanol–water partition coefficient (Wildman–Crippen LogP) is 5.34. The minimum atomic E-state index is -0.420. The Morgan fingerprint density at radius 2 is 1.69 bits per heavy atom. The molecule has 0 fully saturated rings. The van der Waals surface area contributed by atoms with Gasteiger partial charge in [-0.2, -0.15) is 0 Å². The summed E-state index contributed by atoms with van der Waals surface area (Å²) in [6.45, 7) is 0. The van der Waals surface area contributed by atoms with E-state index < -0.39 is 5.91 Å². The summed E-state index contributed by atoms with van der Waals surface area (Å²) in [6, 6.07) is 19.4. The first-order valence-corrected chi connectivity index (χ1v) is 9.90. The number of nitrogens with one attached hydrogen (secondary N) is 1. The largest absolute Gasteiger partial charge is 0.320 e. The maximum absolute atomic E-state index is 12.8. The Kier molecular flexibility index (Phi) is 5.46. The lowest BCUT2D eigenvalue weighted by Gasteiger charge is -2.10. The maximum Gasteiger partial charge on any atom is 0.269 e. The smallest absolute Gasteiger partial charge is 0.269 e. The van der Waals surface area contributed by atoms with Crippen LogP contribution in [0.25, 0.3) is 10.6 Å². The number of anilines is 1. The fourth-order valence-electron chi connectivity index (χ4n) is 2.77. The third kappa shape index (κ3) is 4.08. The Balaban J connectivity index is 1.62. The Labute approximate surface area is 176 Å². The van der Waals surface area contributed by atoms with Crippen LogP contribution in [-0.4, -0.2) is 21.7 Å². The zero-order valence-electron chi connectivity index (χ0n) is 15.0. The zero-order valence-corrected chi connectivity index (χ0v) is 16.6. The number of hydrogen-bond donors (Lipinski definition) is 1. The van der Waals surface area contributed by atoms with Crippen molar-refractivity contribution in [1.29, 1.82) is 0 Å². The molecule has 0 radical (unpaired) electrons. The van der Waals surface area contributed by atoms with Gasteiger partial charge in [0.05, 0.1) is 5.69 Å². The summed E-state index contributed by atoms with van der Waals surface area (Å²) >= 11 is 7.38. The Morgan fingerprint density at radius 1 is 0.931 bits per heavy atom. The molecule has 0 unspecified atom stereocenters. The van der Waals surface area contributed by atoms with E-state index in [1.165, 1.54) is 11.3 Å². The van der Waals surface area contributed by atoms with Crippen LogP contribution < -0.4 is 5.32 Å². The average molecular weight is 420 g/mol. The normalized spacial score (nSPS) is 10.5. The number of pyridine rings is 1.